The van der Waals surface area contributed by atoms with Crippen LogP contribution < -0.4 is 0 Å². The van der Waals surface area contributed by atoms with Crippen LogP contribution in [0.3, 0.4) is 0 Å². The molecule has 2 fully saturated rings. The van der Waals surface area contributed by atoms with Crippen LogP contribution in [0.5, 0.6) is 0 Å². The van der Waals surface area contributed by atoms with Crippen LogP contribution in [0.4, 0.5) is 0 Å². The van der Waals surface area contributed by atoms with E-state index in [4.69, 9.17) is 19.5 Å². The monoisotopic (exact) mass is 356 g/mol. The Morgan fingerprint density at radius 3 is 1.71 bits per heavy atom. The molecule has 2 aliphatic rings. The maximum Gasteiger partial charge on any atom is 0.335 e. The normalized spacial score (nSPS) is 49.8. The van der Waals surface area contributed by atoms with Crippen LogP contribution in [-0.2, 0) is 24.0 Å². The zero-order valence-corrected chi connectivity index (χ0v) is 12.4. The third-order valence-corrected chi connectivity index (χ3v) is 3.87. The second kappa shape index (κ2) is 7.53. The largest absolute Gasteiger partial charge is 0.479 e. The molecule has 0 aromatic rings. The number of hydrogen-bond donors (Lipinski definition) is 7. The number of carboxylic acid groups (broad SMARTS) is 1. The molecule has 140 valence electrons. The Morgan fingerprint density at radius 2 is 1.21 bits per heavy atom. The lowest BCUT2D eigenvalue weighted by atomic mass is 9.99. The summed E-state index contributed by atoms with van der Waals surface area (Å²) in [5.41, 5.74) is 0. The van der Waals surface area contributed by atoms with Crippen molar-refractivity contribution in [3.05, 3.63) is 0 Å². The first-order chi connectivity index (χ1) is 11.1. The molecule has 2 aliphatic heterocycles. The first-order valence-corrected chi connectivity index (χ1v) is 7.09. The second-order valence-corrected chi connectivity index (χ2v) is 5.61. The van der Waals surface area contributed by atoms with Crippen LogP contribution in [0.15, 0.2) is 0 Å². The summed E-state index contributed by atoms with van der Waals surface area (Å²) < 4.78 is 9.85. The van der Waals surface area contributed by atoms with Crippen molar-refractivity contribution >= 4 is 5.97 Å². The van der Waals surface area contributed by atoms with Crippen molar-refractivity contribution < 1.29 is 59.8 Å². The molecule has 0 bridgehead atoms. The molecule has 0 amide bonds. The molecule has 10 atom stereocenters. The molecular weight excluding hydrogens is 336 g/mol. The fraction of sp³-hybridized carbons (Fsp3) is 0.917. The summed E-state index contributed by atoms with van der Waals surface area (Å²) in [6.45, 7) is 1.39. The molecule has 12 nitrogen and oxygen atoms in total. The summed E-state index contributed by atoms with van der Waals surface area (Å²) in [5.74, 6) is -1.61. The molecular formula is C12H20O12. The van der Waals surface area contributed by atoms with Gasteiger partial charge in [0.15, 0.2) is 6.10 Å². The molecule has 24 heavy (non-hydrogen) atoms. The zero-order valence-electron chi connectivity index (χ0n) is 12.4. The number of ether oxygens (including phenoxy) is 2. The van der Waals surface area contributed by atoms with E-state index >= 15 is 0 Å². The maximum atomic E-state index is 10.9. The SMILES string of the molecule is C[C@H]1O[C@H](OO[C@@H]2O[C@H](C(=O)O)[C@@H](O)[C@H](O)[C@H]2O)[C@H](O)[C@@H](O)[C@@H]1O. The lowest BCUT2D eigenvalue weighted by Crippen LogP contribution is -2.61. The fourth-order valence-corrected chi connectivity index (χ4v) is 2.33. The molecule has 0 aliphatic carbocycles. The number of carbonyl (C=O) groups is 1. The van der Waals surface area contributed by atoms with E-state index in [1.54, 1.807) is 0 Å². The van der Waals surface area contributed by atoms with Crippen LogP contribution in [0, 0.1) is 0 Å². The quantitative estimate of drug-likeness (QED) is 0.189. The van der Waals surface area contributed by atoms with Gasteiger partial charge in [-0.05, 0) is 6.92 Å². The molecule has 0 saturated carbocycles. The number of aliphatic carboxylic acids is 1. The van der Waals surface area contributed by atoms with E-state index in [2.05, 4.69) is 4.89 Å². The predicted octanol–water partition coefficient (Wildman–Crippen LogP) is -4.35. The molecule has 2 rings (SSSR count). The Morgan fingerprint density at radius 1 is 0.750 bits per heavy atom. The molecule has 0 aromatic carbocycles. The third kappa shape index (κ3) is 3.67. The van der Waals surface area contributed by atoms with Gasteiger partial charge < -0.3 is 45.2 Å². The lowest BCUT2D eigenvalue weighted by molar-refractivity contribution is -0.483. The van der Waals surface area contributed by atoms with E-state index in [1.807, 2.05) is 0 Å². The molecule has 7 N–H and O–H groups in total. The Labute approximate surface area is 135 Å². The molecule has 12 heteroatoms. The minimum absolute atomic E-state index is 0.923. The summed E-state index contributed by atoms with van der Waals surface area (Å²) in [5, 5.41) is 66.6. The van der Waals surface area contributed by atoms with Crippen LogP contribution in [-0.4, -0.2) is 103 Å². The Bertz CT molecular complexity index is 446. The second-order valence-electron chi connectivity index (χ2n) is 5.61. The van der Waals surface area contributed by atoms with E-state index in [0.29, 0.717) is 0 Å². The highest BCUT2D eigenvalue weighted by atomic mass is 17.3. The summed E-state index contributed by atoms with van der Waals surface area (Å²) in [6, 6.07) is 0. The van der Waals surface area contributed by atoms with Gasteiger partial charge in [-0.3, -0.25) is 0 Å². The van der Waals surface area contributed by atoms with Crippen molar-refractivity contribution in [1.82, 2.24) is 0 Å². The minimum Gasteiger partial charge on any atom is -0.479 e. The van der Waals surface area contributed by atoms with E-state index < -0.39 is 67.4 Å². The smallest absolute Gasteiger partial charge is 0.335 e. The number of aliphatic hydroxyl groups excluding tert-OH is 6. The van der Waals surface area contributed by atoms with Gasteiger partial charge in [0, 0.05) is 0 Å². The molecule has 0 radical (unpaired) electrons. The van der Waals surface area contributed by atoms with E-state index in [1.165, 1.54) is 6.92 Å². The predicted molar refractivity (Wildman–Crippen MR) is 68.8 cm³/mol. The van der Waals surface area contributed by atoms with Crippen LogP contribution in [0.25, 0.3) is 0 Å². The summed E-state index contributed by atoms with van der Waals surface area (Å²) in [7, 11) is 0. The highest BCUT2D eigenvalue weighted by molar-refractivity contribution is 5.73. The molecule has 0 aromatic heterocycles. The van der Waals surface area contributed by atoms with Crippen molar-refractivity contribution in [2.75, 3.05) is 0 Å². The average Bonchev–Trinajstić information content (AvgIpc) is 2.54. The third-order valence-electron chi connectivity index (χ3n) is 3.87. The minimum atomic E-state index is -1.90. The van der Waals surface area contributed by atoms with Gasteiger partial charge in [0.2, 0.25) is 12.6 Å². The Hall–Kier alpha value is -0.930. The molecule has 0 spiro atoms. The van der Waals surface area contributed by atoms with E-state index in [-0.39, 0.29) is 0 Å². The van der Waals surface area contributed by atoms with Crippen LogP contribution in [0.1, 0.15) is 6.92 Å². The number of rotatable bonds is 4. The van der Waals surface area contributed by atoms with Crippen molar-refractivity contribution in [2.24, 2.45) is 0 Å². The Kier molecular flexibility index (Phi) is 6.09. The van der Waals surface area contributed by atoms with Crippen LogP contribution in [0.2, 0.25) is 0 Å². The summed E-state index contributed by atoms with van der Waals surface area (Å²) in [4.78, 5) is 20.3. The lowest BCUT2D eigenvalue weighted by Gasteiger charge is -2.40. The summed E-state index contributed by atoms with van der Waals surface area (Å²) >= 11 is 0. The number of carboxylic acids is 1. The zero-order chi connectivity index (χ0) is 18.2. The molecule has 2 heterocycles. The maximum absolute atomic E-state index is 10.9. The Balaban J connectivity index is 1.98. The summed E-state index contributed by atoms with van der Waals surface area (Å²) in [6.07, 6.45) is -16.5. The number of hydrogen-bond acceptors (Lipinski definition) is 11. The van der Waals surface area contributed by atoms with Gasteiger partial charge >= 0.3 is 5.97 Å². The standard InChI is InChI=1S/C12H20O12/c1-2-3(13)4(14)7(17)11(21-2)23-24-12-8(18)5(15)6(16)9(22-12)10(19)20/h2-9,11-18H,1H3,(H,19,20)/t2-,3-,4+,5+,6+,7-,8-,9+,11-,12+/m1/s1. The van der Waals surface area contributed by atoms with Gasteiger partial charge in [-0.15, -0.1) is 0 Å². The van der Waals surface area contributed by atoms with Gasteiger partial charge in [0.25, 0.3) is 0 Å². The van der Waals surface area contributed by atoms with Gasteiger partial charge in [0.1, 0.15) is 36.6 Å². The van der Waals surface area contributed by atoms with E-state index in [0.717, 1.165) is 0 Å². The van der Waals surface area contributed by atoms with Crippen molar-refractivity contribution in [3.63, 3.8) is 0 Å². The van der Waals surface area contributed by atoms with Crippen LogP contribution >= 0.6 is 0 Å². The first-order valence-electron chi connectivity index (χ1n) is 7.09. The van der Waals surface area contributed by atoms with Gasteiger partial charge in [0.05, 0.1) is 6.10 Å². The van der Waals surface area contributed by atoms with Crippen molar-refractivity contribution in [3.8, 4) is 0 Å². The van der Waals surface area contributed by atoms with Gasteiger partial charge in [-0.1, -0.05) is 0 Å². The first kappa shape index (κ1) is 19.4. The number of aliphatic hydroxyl groups is 6. The van der Waals surface area contributed by atoms with Gasteiger partial charge in [-0.2, -0.15) is 9.78 Å². The van der Waals surface area contributed by atoms with E-state index in [9.17, 15) is 35.4 Å². The molecule has 0 unspecified atom stereocenters. The highest BCUT2D eigenvalue weighted by Gasteiger charge is 2.49. The van der Waals surface area contributed by atoms with Crippen molar-refractivity contribution in [1.29, 1.82) is 0 Å². The topological polar surface area (TPSA) is 196 Å². The average molecular weight is 356 g/mol. The molecule has 2 saturated heterocycles. The van der Waals surface area contributed by atoms with Crippen molar-refractivity contribution in [2.45, 2.75) is 68.3 Å². The van der Waals surface area contributed by atoms with Gasteiger partial charge in [-0.25, -0.2) is 4.79 Å². The highest BCUT2D eigenvalue weighted by Crippen LogP contribution is 2.26. The fourth-order valence-electron chi connectivity index (χ4n) is 2.33.